The van der Waals surface area contributed by atoms with E-state index < -0.39 is 46.4 Å². The summed E-state index contributed by atoms with van der Waals surface area (Å²) in [7, 11) is -3.78. The van der Waals surface area contributed by atoms with E-state index in [0.29, 0.717) is 29.5 Å². The average molecular weight is 637 g/mol. The van der Waals surface area contributed by atoms with E-state index in [2.05, 4.69) is 19.5 Å². The van der Waals surface area contributed by atoms with E-state index in [0.717, 1.165) is 6.26 Å². The van der Waals surface area contributed by atoms with Crippen molar-refractivity contribution in [3.63, 3.8) is 0 Å². The van der Waals surface area contributed by atoms with Crippen LogP contribution in [0.25, 0.3) is 0 Å². The first-order valence-corrected chi connectivity index (χ1v) is 15.2. The molecule has 6 rings (SSSR count). The first-order valence-electron chi connectivity index (χ1n) is 13.3. The number of hydrogen-bond donors (Lipinski definition) is 2. The lowest BCUT2D eigenvalue weighted by atomic mass is 9.90. The Hall–Kier alpha value is -4.53. The molecule has 1 fully saturated rings. The standard InChI is InChI=1S/C29H24F4N2O8S/c1-44(38,39)35-25(36)16-4-2-15(3-5-16)22-14-20(19-8-7-18(40-27(30)31)13-23(19)41-22)34-26(37)28(10-11-28)17-6-9-21-24(12-17)43-29(32,33)42-21/h2-9,12-13,20,22,27H,10-11,14H2,1H3,(H,34,37)(H,35,36)/t20-,22-/m1/s1. The SMILES string of the molecule is CS(=O)(=O)NC(=O)c1ccc([C@H]2C[C@@H](NC(=O)C3(c4ccc5c(c4)OC(F)(F)O5)CC3)c3ccc(OC(F)F)cc3O2)cc1. The van der Waals surface area contributed by atoms with Crippen LogP contribution in [0.15, 0.2) is 60.7 Å². The van der Waals surface area contributed by atoms with Crippen LogP contribution in [0.1, 0.15) is 58.5 Å². The number of alkyl halides is 4. The number of benzene rings is 3. The second-order valence-corrected chi connectivity index (χ2v) is 12.4. The van der Waals surface area contributed by atoms with Crippen LogP contribution in [0.5, 0.6) is 23.0 Å². The number of carbonyl (C=O) groups excluding carboxylic acids is 2. The van der Waals surface area contributed by atoms with Crippen molar-refractivity contribution in [2.24, 2.45) is 0 Å². The number of amides is 2. The molecule has 2 amide bonds. The Morgan fingerprint density at radius 1 is 0.955 bits per heavy atom. The summed E-state index contributed by atoms with van der Waals surface area (Å²) in [5, 5.41) is 3.02. The van der Waals surface area contributed by atoms with Crippen molar-refractivity contribution in [1.29, 1.82) is 0 Å². The summed E-state index contributed by atoms with van der Waals surface area (Å²) in [5.41, 5.74) is 0.607. The summed E-state index contributed by atoms with van der Waals surface area (Å²) in [6, 6.07) is 13.6. The van der Waals surface area contributed by atoms with E-state index in [9.17, 15) is 35.6 Å². The van der Waals surface area contributed by atoms with Gasteiger partial charge in [0, 0.05) is 23.6 Å². The fourth-order valence-electron chi connectivity index (χ4n) is 5.36. The zero-order valence-electron chi connectivity index (χ0n) is 22.8. The fraction of sp³-hybridized carbons (Fsp3) is 0.310. The second kappa shape index (κ2) is 10.6. The molecule has 0 bridgehead atoms. The number of sulfonamides is 1. The van der Waals surface area contributed by atoms with Gasteiger partial charge in [0.2, 0.25) is 15.9 Å². The van der Waals surface area contributed by atoms with Crippen LogP contribution in [-0.4, -0.2) is 39.4 Å². The summed E-state index contributed by atoms with van der Waals surface area (Å²) in [4.78, 5) is 26.0. The van der Waals surface area contributed by atoms with Gasteiger partial charge in [-0.3, -0.25) is 9.59 Å². The van der Waals surface area contributed by atoms with Crippen LogP contribution in [0, 0.1) is 0 Å². The first kappa shape index (κ1) is 29.5. The second-order valence-electron chi connectivity index (χ2n) is 10.7. The van der Waals surface area contributed by atoms with Crippen molar-refractivity contribution < 1.29 is 54.5 Å². The molecule has 3 aliphatic rings. The molecule has 2 N–H and O–H groups in total. The lowest BCUT2D eigenvalue weighted by Gasteiger charge is -2.34. The predicted molar refractivity (Wildman–Crippen MR) is 144 cm³/mol. The zero-order valence-corrected chi connectivity index (χ0v) is 23.6. The van der Waals surface area contributed by atoms with Gasteiger partial charge in [0.05, 0.1) is 17.7 Å². The van der Waals surface area contributed by atoms with Crippen molar-refractivity contribution in [3.8, 4) is 23.0 Å². The van der Waals surface area contributed by atoms with Gasteiger partial charge in [-0.25, -0.2) is 13.1 Å². The van der Waals surface area contributed by atoms with E-state index in [1.807, 2.05) is 4.72 Å². The number of nitrogens with one attached hydrogen (secondary N) is 2. The highest BCUT2D eigenvalue weighted by atomic mass is 32.2. The minimum Gasteiger partial charge on any atom is -0.485 e. The Kier molecular flexibility index (Phi) is 7.10. The van der Waals surface area contributed by atoms with Gasteiger partial charge < -0.3 is 24.3 Å². The lowest BCUT2D eigenvalue weighted by molar-refractivity contribution is -0.286. The van der Waals surface area contributed by atoms with Crippen LogP contribution in [0.2, 0.25) is 0 Å². The number of ether oxygens (including phenoxy) is 4. The Bertz CT molecular complexity index is 1750. The minimum atomic E-state index is -3.80. The molecule has 0 unspecified atom stereocenters. The van der Waals surface area contributed by atoms with Gasteiger partial charge in [0.1, 0.15) is 17.6 Å². The van der Waals surface area contributed by atoms with Crippen LogP contribution in [0.4, 0.5) is 17.6 Å². The number of rotatable bonds is 8. The van der Waals surface area contributed by atoms with Crippen LogP contribution >= 0.6 is 0 Å². The smallest absolute Gasteiger partial charge is 0.485 e. The fourth-order valence-corrected chi connectivity index (χ4v) is 5.81. The van der Waals surface area contributed by atoms with E-state index in [1.54, 1.807) is 12.1 Å². The molecule has 0 radical (unpaired) electrons. The highest BCUT2D eigenvalue weighted by molar-refractivity contribution is 7.89. The van der Waals surface area contributed by atoms with Crippen molar-refractivity contribution >= 4 is 21.8 Å². The molecule has 2 aliphatic heterocycles. The molecule has 3 aromatic carbocycles. The third-order valence-electron chi connectivity index (χ3n) is 7.57. The molecular formula is C29H24F4N2O8S. The van der Waals surface area contributed by atoms with Crippen LogP contribution < -0.4 is 29.0 Å². The summed E-state index contributed by atoms with van der Waals surface area (Å²) >= 11 is 0. The Balaban J connectivity index is 1.26. The highest BCUT2D eigenvalue weighted by Gasteiger charge is 2.53. The zero-order chi connectivity index (χ0) is 31.4. The van der Waals surface area contributed by atoms with E-state index in [4.69, 9.17) is 4.74 Å². The molecule has 1 aliphatic carbocycles. The third-order valence-corrected chi connectivity index (χ3v) is 8.13. The molecule has 2 atom stereocenters. The molecule has 3 aromatic rings. The maximum Gasteiger partial charge on any atom is 0.586 e. The number of fused-ring (bicyclic) bond motifs is 2. The van der Waals surface area contributed by atoms with Crippen molar-refractivity contribution in [2.75, 3.05) is 6.26 Å². The topological polar surface area (TPSA) is 129 Å². The maximum atomic E-state index is 13.7. The van der Waals surface area contributed by atoms with E-state index in [1.165, 1.54) is 48.5 Å². The molecule has 232 valence electrons. The molecule has 15 heteroatoms. The van der Waals surface area contributed by atoms with Gasteiger partial charge in [-0.1, -0.05) is 18.2 Å². The van der Waals surface area contributed by atoms with Gasteiger partial charge >= 0.3 is 12.9 Å². The monoisotopic (exact) mass is 636 g/mol. The molecule has 2 heterocycles. The van der Waals surface area contributed by atoms with Gasteiger partial charge in [-0.15, -0.1) is 8.78 Å². The highest BCUT2D eigenvalue weighted by Crippen LogP contribution is 2.53. The summed E-state index contributed by atoms with van der Waals surface area (Å²) in [6.07, 6.45) is -2.57. The summed E-state index contributed by atoms with van der Waals surface area (Å²) < 4.78 is 97.3. The molecule has 10 nitrogen and oxygen atoms in total. The van der Waals surface area contributed by atoms with Crippen molar-refractivity contribution in [3.05, 3.63) is 82.9 Å². The van der Waals surface area contributed by atoms with Gasteiger partial charge in [0.25, 0.3) is 5.91 Å². The predicted octanol–water partition coefficient (Wildman–Crippen LogP) is 4.71. The Labute approximate surface area is 248 Å². The molecule has 0 saturated heterocycles. The first-order chi connectivity index (χ1) is 20.7. The Morgan fingerprint density at radius 3 is 2.32 bits per heavy atom. The minimum absolute atomic E-state index is 0.0741. The number of carbonyl (C=O) groups is 2. The molecule has 0 spiro atoms. The molecule has 1 saturated carbocycles. The molecule has 44 heavy (non-hydrogen) atoms. The lowest BCUT2D eigenvalue weighted by Crippen LogP contribution is -2.39. The van der Waals surface area contributed by atoms with Crippen molar-refractivity contribution in [1.82, 2.24) is 10.0 Å². The normalized spacial score (nSPS) is 20.7. The largest absolute Gasteiger partial charge is 0.586 e. The van der Waals surface area contributed by atoms with E-state index in [-0.39, 0.29) is 40.9 Å². The van der Waals surface area contributed by atoms with Gasteiger partial charge in [0.15, 0.2) is 11.5 Å². The quantitative estimate of drug-likeness (QED) is 0.340. The molecule has 0 aromatic heterocycles. The summed E-state index contributed by atoms with van der Waals surface area (Å²) in [5.74, 6) is -1.50. The number of hydrogen-bond acceptors (Lipinski definition) is 8. The van der Waals surface area contributed by atoms with Crippen LogP contribution in [0.3, 0.4) is 0 Å². The van der Waals surface area contributed by atoms with Gasteiger partial charge in [-0.2, -0.15) is 8.78 Å². The van der Waals surface area contributed by atoms with Crippen LogP contribution in [-0.2, 0) is 20.2 Å². The van der Waals surface area contributed by atoms with E-state index >= 15 is 0 Å². The number of halogens is 4. The molecular weight excluding hydrogens is 612 g/mol. The average Bonchev–Trinajstić information content (AvgIpc) is 3.68. The van der Waals surface area contributed by atoms with Crippen molar-refractivity contribution in [2.45, 2.75) is 49.7 Å². The maximum absolute atomic E-state index is 13.7. The Morgan fingerprint density at radius 2 is 1.66 bits per heavy atom. The van der Waals surface area contributed by atoms with Gasteiger partial charge in [-0.05, 0) is 60.4 Å². The third kappa shape index (κ3) is 5.96. The summed E-state index contributed by atoms with van der Waals surface area (Å²) in [6.45, 7) is -3.08.